The number of aryl methyl sites for hydroxylation is 2. The minimum absolute atomic E-state index is 0.144. The van der Waals surface area contributed by atoms with Crippen molar-refractivity contribution in [3.63, 3.8) is 0 Å². The van der Waals surface area contributed by atoms with Crippen molar-refractivity contribution in [3.8, 4) is 0 Å². The highest BCUT2D eigenvalue weighted by atomic mass is 32.2. The van der Waals surface area contributed by atoms with Crippen LogP contribution >= 0.6 is 0 Å². The second-order valence-electron chi connectivity index (χ2n) is 5.80. The first-order valence-electron chi connectivity index (χ1n) is 7.99. The number of nitrogens with one attached hydrogen (secondary N) is 1. The monoisotopic (exact) mass is 342 g/mol. The highest BCUT2D eigenvalue weighted by Crippen LogP contribution is 2.16. The Morgan fingerprint density at radius 2 is 1.96 bits per heavy atom. The van der Waals surface area contributed by atoms with Gasteiger partial charge in [-0.1, -0.05) is 0 Å². The number of hydrogen-bond donors (Lipinski definition) is 1. The van der Waals surface area contributed by atoms with E-state index in [1.807, 2.05) is 0 Å². The van der Waals surface area contributed by atoms with Gasteiger partial charge in [0.25, 0.3) is 15.8 Å². The zero-order chi connectivity index (χ0) is 16.3. The average molecular weight is 342 g/mol. The molecule has 0 saturated carbocycles. The SMILES string of the molecule is O=c1cc2c(nn1CCNS(=O)(=O)N1CCOCC1)CCCC2. The molecule has 3 rings (SSSR count). The van der Waals surface area contributed by atoms with Crippen LogP contribution in [0.5, 0.6) is 0 Å². The van der Waals surface area contributed by atoms with E-state index in [1.54, 1.807) is 6.07 Å². The molecule has 1 saturated heterocycles. The van der Waals surface area contributed by atoms with E-state index in [0.29, 0.717) is 26.3 Å². The van der Waals surface area contributed by atoms with E-state index >= 15 is 0 Å². The lowest BCUT2D eigenvalue weighted by atomic mass is 9.97. The number of ether oxygens (including phenoxy) is 1. The van der Waals surface area contributed by atoms with Crippen LogP contribution in [0.15, 0.2) is 10.9 Å². The van der Waals surface area contributed by atoms with Crippen LogP contribution in [-0.4, -0.2) is 55.4 Å². The second-order valence-corrected chi connectivity index (χ2v) is 7.55. The molecule has 1 aromatic heterocycles. The molecule has 23 heavy (non-hydrogen) atoms. The number of aromatic nitrogens is 2. The molecule has 2 heterocycles. The number of hydrogen-bond acceptors (Lipinski definition) is 5. The van der Waals surface area contributed by atoms with Gasteiger partial charge in [-0.15, -0.1) is 0 Å². The molecule has 0 unspecified atom stereocenters. The Labute approximate surface area is 135 Å². The largest absolute Gasteiger partial charge is 0.379 e. The Balaban J connectivity index is 1.61. The summed E-state index contributed by atoms with van der Waals surface area (Å²) in [7, 11) is -3.52. The van der Waals surface area contributed by atoms with Gasteiger partial charge in [0.15, 0.2) is 0 Å². The first kappa shape index (κ1) is 16.6. The minimum atomic E-state index is -3.52. The zero-order valence-electron chi connectivity index (χ0n) is 13.0. The molecule has 0 bridgehead atoms. The predicted molar refractivity (Wildman–Crippen MR) is 84.5 cm³/mol. The zero-order valence-corrected chi connectivity index (χ0v) is 13.8. The van der Waals surface area contributed by atoms with Gasteiger partial charge < -0.3 is 4.74 Å². The van der Waals surface area contributed by atoms with Crippen molar-refractivity contribution in [2.24, 2.45) is 0 Å². The topological polar surface area (TPSA) is 93.5 Å². The highest BCUT2D eigenvalue weighted by Gasteiger charge is 2.23. The maximum atomic E-state index is 12.1. The summed E-state index contributed by atoms with van der Waals surface area (Å²) in [6.07, 6.45) is 3.97. The fourth-order valence-electron chi connectivity index (χ4n) is 2.92. The molecule has 9 heteroatoms. The van der Waals surface area contributed by atoms with Crippen molar-refractivity contribution in [3.05, 3.63) is 27.7 Å². The van der Waals surface area contributed by atoms with Crippen LogP contribution in [0.3, 0.4) is 0 Å². The molecule has 1 aliphatic carbocycles. The van der Waals surface area contributed by atoms with Crippen LogP contribution in [0.1, 0.15) is 24.1 Å². The van der Waals surface area contributed by atoms with Gasteiger partial charge in [-0.25, -0.2) is 9.40 Å². The third kappa shape index (κ3) is 3.97. The van der Waals surface area contributed by atoms with Crippen molar-refractivity contribution in [2.75, 3.05) is 32.8 Å². The van der Waals surface area contributed by atoms with Crippen molar-refractivity contribution < 1.29 is 13.2 Å². The van der Waals surface area contributed by atoms with Gasteiger partial charge in [0.05, 0.1) is 25.5 Å². The van der Waals surface area contributed by atoms with Gasteiger partial charge in [0.1, 0.15) is 0 Å². The lowest BCUT2D eigenvalue weighted by molar-refractivity contribution is 0.0725. The summed E-state index contributed by atoms with van der Waals surface area (Å²) in [5.74, 6) is 0. The molecule has 0 aromatic carbocycles. The summed E-state index contributed by atoms with van der Waals surface area (Å²) in [5.41, 5.74) is 1.83. The molecule has 0 radical (unpaired) electrons. The molecular formula is C14H22N4O4S. The number of rotatable bonds is 5. The highest BCUT2D eigenvalue weighted by molar-refractivity contribution is 7.87. The van der Waals surface area contributed by atoms with Crippen molar-refractivity contribution in [1.82, 2.24) is 18.8 Å². The standard InChI is InChI=1S/C14H22N4O4S/c19-14-11-12-3-1-2-4-13(12)16-18(14)6-5-15-23(20,21)17-7-9-22-10-8-17/h11,15H,1-10H2. The lowest BCUT2D eigenvalue weighted by Gasteiger charge is -2.26. The summed E-state index contributed by atoms with van der Waals surface area (Å²) in [6.45, 7) is 1.90. The quantitative estimate of drug-likeness (QED) is 0.763. The maximum absolute atomic E-state index is 12.1. The first-order chi connectivity index (χ1) is 11.1. The summed E-state index contributed by atoms with van der Waals surface area (Å²) in [6, 6.07) is 1.64. The molecule has 8 nitrogen and oxygen atoms in total. The van der Waals surface area contributed by atoms with Crippen LogP contribution in [0, 0.1) is 0 Å². The van der Waals surface area contributed by atoms with E-state index in [1.165, 1.54) is 8.99 Å². The fraction of sp³-hybridized carbons (Fsp3) is 0.714. The van der Waals surface area contributed by atoms with E-state index in [2.05, 4.69) is 9.82 Å². The molecule has 0 atom stereocenters. The van der Waals surface area contributed by atoms with Crippen molar-refractivity contribution in [2.45, 2.75) is 32.2 Å². The van der Waals surface area contributed by atoms with Crippen LogP contribution in [0.4, 0.5) is 0 Å². The lowest BCUT2D eigenvalue weighted by Crippen LogP contribution is -2.47. The summed E-state index contributed by atoms with van der Waals surface area (Å²) >= 11 is 0. The molecule has 128 valence electrons. The Morgan fingerprint density at radius 1 is 1.22 bits per heavy atom. The molecule has 0 amide bonds. The van der Waals surface area contributed by atoms with E-state index in [9.17, 15) is 13.2 Å². The van der Waals surface area contributed by atoms with Gasteiger partial charge in [-0.2, -0.15) is 17.8 Å². The average Bonchev–Trinajstić information content (AvgIpc) is 2.56. The van der Waals surface area contributed by atoms with E-state index < -0.39 is 10.2 Å². The van der Waals surface area contributed by atoms with E-state index in [-0.39, 0.29) is 18.6 Å². The minimum Gasteiger partial charge on any atom is -0.379 e. The van der Waals surface area contributed by atoms with Gasteiger partial charge in [0.2, 0.25) is 0 Å². The van der Waals surface area contributed by atoms with Crippen molar-refractivity contribution >= 4 is 10.2 Å². The van der Waals surface area contributed by atoms with Gasteiger partial charge in [-0.05, 0) is 31.2 Å². The van der Waals surface area contributed by atoms with E-state index in [4.69, 9.17) is 4.74 Å². The number of fused-ring (bicyclic) bond motifs is 1. The Kier molecular flexibility index (Phi) is 5.10. The van der Waals surface area contributed by atoms with Gasteiger partial charge in [-0.3, -0.25) is 4.79 Å². The molecule has 0 spiro atoms. The van der Waals surface area contributed by atoms with Crippen molar-refractivity contribution in [1.29, 1.82) is 0 Å². The van der Waals surface area contributed by atoms with Crippen LogP contribution in [-0.2, 0) is 34.3 Å². The summed E-state index contributed by atoms with van der Waals surface area (Å²) < 4.78 is 34.7. The van der Waals surface area contributed by atoms with Crippen LogP contribution in [0.25, 0.3) is 0 Å². The van der Waals surface area contributed by atoms with Crippen LogP contribution in [0.2, 0.25) is 0 Å². The van der Waals surface area contributed by atoms with Gasteiger partial charge >= 0.3 is 0 Å². The maximum Gasteiger partial charge on any atom is 0.279 e. The molecule has 1 N–H and O–H groups in total. The fourth-order valence-corrected chi connectivity index (χ4v) is 4.08. The predicted octanol–water partition coefficient (Wildman–Crippen LogP) is -0.711. The molecule has 1 aromatic rings. The molecule has 1 fully saturated rings. The molecule has 2 aliphatic rings. The Hall–Kier alpha value is -1.29. The summed E-state index contributed by atoms with van der Waals surface area (Å²) in [5, 5.41) is 4.38. The smallest absolute Gasteiger partial charge is 0.279 e. The third-order valence-corrected chi connectivity index (χ3v) is 5.81. The van der Waals surface area contributed by atoms with Crippen LogP contribution < -0.4 is 10.3 Å². The van der Waals surface area contributed by atoms with Gasteiger partial charge in [0, 0.05) is 25.7 Å². The van der Waals surface area contributed by atoms with E-state index in [0.717, 1.165) is 36.9 Å². The Morgan fingerprint density at radius 3 is 2.74 bits per heavy atom. The number of nitrogens with zero attached hydrogens (tertiary/aromatic N) is 3. The first-order valence-corrected chi connectivity index (χ1v) is 9.43. The molecular weight excluding hydrogens is 320 g/mol. The number of morpholine rings is 1. The third-order valence-electron chi connectivity index (χ3n) is 4.19. The molecule has 1 aliphatic heterocycles. The second kappa shape index (κ2) is 7.08. The normalized spacial score (nSPS) is 19.5. The summed E-state index contributed by atoms with van der Waals surface area (Å²) in [4.78, 5) is 12.0. The Bertz CT molecular complexity index is 710.